The second-order valence-corrected chi connectivity index (χ2v) is 4.56. The lowest BCUT2D eigenvalue weighted by Gasteiger charge is -2.17. The van der Waals surface area contributed by atoms with E-state index in [0.29, 0.717) is 0 Å². The summed E-state index contributed by atoms with van der Waals surface area (Å²) in [5, 5.41) is 4.96. The maximum atomic E-state index is 11.3. The molecule has 0 aromatic carbocycles. The molecule has 0 saturated heterocycles. The summed E-state index contributed by atoms with van der Waals surface area (Å²) in [6.45, 7) is 2.02. The lowest BCUT2D eigenvalue weighted by molar-refractivity contribution is 0.214. The molecule has 4 heteroatoms. The summed E-state index contributed by atoms with van der Waals surface area (Å²) in [6.07, 6.45) is 0.900. The van der Waals surface area contributed by atoms with Crippen molar-refractivity contribution in [1.29, 1.82) is 0 Å². The number of urea groups is 1. The third kappa shape index (κ3) is 3.38. The van der Waals surface area contributed by atoms with Crippen LogP contribution in [0.25, 0.3) is 0 Å². The van der Waals surface area contributed by atoms with Crippen LogP contribution < -0.4 is 5.32 Å². The molecule has 0 saturated carbocycles. The van der Waals surface area contributed by atoms with Crippen LogP contribution in [0.4, 0.5) is 4.79 Å². The number of hydrogen-bond donors (Lipinski definition) is 1. The van der Waals surface area contributed by atoms with Crippen molar-refractivity contribution in [2.45, 2.75) is 19.4 Å². The molecule has 0 aliphatic rings. The first-order valence-corrected chi connectivity index (χ1v) is 5.47. The first-order chi connectivity index (χ1) is 6.59. The third-order valence-electron chi connectivity index (χ3n) is 1.86. The van der Waals surface area contributed by atoms with Gasteiger partial charge in [0.2, 0.25) is 0 Å². The van der Waals surface area contributed by atoms with Gasteiger partial charge in [-0.3, -0.25) is 0 Å². The highest BCUT2D eigenvalue weighted by Gasteiger charge is 2.09. The summed E-state index contributed by atoms with van der Waals surface area (Å²) in [5.74, 6) is 0. The van der Waals surface area contributed by atoms with Gasteiger partial charge < -0.3 is 10.2 Å². The zero-order chi connectivity index (χ0) is 10.6. The Labute approximate surface area is 88.7 Å². The molecule has 14 heavy (non-hydrogen) atoms. The van der Waals surface area contributed by atoms with Crippen LogP contribution in [-0.2, 0) is 6.42 Å². The number of amides is 2. The first-order valence-electron chi connectivity index (χ1n) is 4.60. The molecule has 0 spiro atoms. The molecule has 1 aromatic heterocycles. The van der Waals surface area contributed by atoms with Crippen molar-refractivity contribution in [1.82, 2.24) is 10.2 Å². The van der Waals surface area contributed by atoms with Crippen molar-refractivity contribution >= 4 is 17.4 Å². The van der Waals surface area contributed by atoms with E-state index in [2.05, 4.69) is 16.8 Å². The summed E-state index contributed by atoms with van der Waals surface area (Å²) >= 11 is 1.72. The molecule has 3 nitrogen and oxygen atoms in total. The van der Waals surface area contributed by atoms with Gasteiger partial charge in [0.25, 0.3) is 0 Å². The van der Waals surface area contributed by atoms with E-state index >= 15 is 0 Å². The molecule has 0 aliphatic carbocycles. The number of rotatable bonds is 3. The molecule has 1 heterocycles. The first kappa shape index (κ1) is 11.0. The van der Waals surface area contributed by atoms with Gasteiger partial charge in [0.15, 0.2) is 0 Å². The fourth-order valence-corrected chi connectivity index (χ4v) is 1.96. The SMILES string of the molecule is CC(Cc1cccs1)NC(=O)N(C)C. The predicted molar refractivity (Wildman–Crippen MR) is 59.7 cm³/mol. The Kier molecular flexibility index (Phi) is 3.95. The highest BCUT2D eigenvalue weighted by atomic mass is 32.1. The topological polar surface area (TPSA) is 32.3 Å². The third-order valence-corrected chi connectivity index (χ3v) is 2.76. The van der Waals surface area contributed by atoms with Gasteiger partial charge in [0, 0.05) is 31.4 Å². The van der Waals surface area contributed by atoms with Crippen molar-refractivity contribution in [2.75, 3.05) is 14.1 Å². The standard InChI is InChI=1S/C10H16N2OS/c1-8(11-10(13)12(2)3)7-9-5-4-6-14-9/h4-6,8H,7H2,1-3H3,(H,11,13). The number of carbonyl (C=O) groups excluding carboxylic acids is 1. The second kappa shape index (κ2) is 5.00. The van der Waals surface area contributed by atoms with Crippen molar-refractivity contribution < 1.29 is 4.79 Å². The Morgan fingerprint density at radius 1 is 1.64 bits per heavy atom. The fraction of sp³-hybridized carbons (Fsp3) is 0.500. The second-order valence-electron chi connectivity index (χ2n) is 3.53. The smallest absolute Gasteiger partial charge is 0.317 e. The zero-order valence-corrected chi connectivity index (χ0v) is 9.60. The average Bonchev–Trinajstić information content (AvgIpc) is 2.56. The summed E-state index contributed by atoms with van der Waals surface area (Å²) in [6, 6.07) is 4.27. The lowest BCUT2D eigenvalue weighted by Crippen LogP contribution is -2.40. The Bertz CT molecular complexity index is 282. The molecule has 1 rings (SSSR count). The molecule has 1 atom stereocenters. The minimum absolute atomic E-state index is 0.0333. The van der Waals surface area contributed by atoms with Gasteiger partial charge in [-0.1, -0.05) is 6.07 Å². The summed E-state index contributed by atoms with van der Waals surface area (Å²) in [5.41, 5.74) is 0. The van der Waals surface area contributed by atoms with Gasteiger partial charge >= 0.3 is 6.03 Å². The highest BCUT2D eigenvalue weighted by molar-refractivity contribution is 7.09. The average molecular weight is 212 g/mol. The molecule has 0 radical (unpaired) electrons. The molecule has 0 aliphatic heterocycles. The molecule has 1 N–H and O–H groups in total. The van der Waals surface area contributed by atoms with Crippen LogP contribution in [-0.4, -0.2) is 31.1 Å². The maximum absolute atomic E-state index is 11.3. The normalized spacial score (nSPS) is 12.2. The number of carbonyl (C=O) groups is 1. The molecule has 1 unspecified atom stereocenters. The monoisotopic (exact) mass is 212 g/mol. The van der Waals surface area contributed by atoms with Gasteiger partial charge in [-0.05, 0) is 18.4 Å². The maximum Gasteiger partial charge on any atom is 0.317 e. The van der Waals surface area contributed by atoms with E-state index in [9.17, 15) is 4.79 Å². The number of nitrogens with one attached hydrogen (secondary N) is 1. The predicted octanol–water partition coefficient (Wildman–Crippen LogP) is 1.95. The minimum Gasteiger partial charge on any atom is -0.335 e. The van der Waals surface area contributed by atoms with Gasteiger partial charge in [-0.25, -0.2) is 4.79 Å². The van der Waals surface area contributed by atoms with Crippen LogP contribution in [0.1, 0.15) is 11.8 Å². The summed E-state index contributed by atoms with van der Waals surface area (Å²) < 4.78 is 0. The number of hydrogen-bond acceptors (Lipinski definition) is 2. The summed E-state index contributed by atoms with van der Waals surface area (Å²) in [7, 11) is 3.49. The van der Waals surface area contributed by atoms with E-state index in [4.69, 9.17) is 0 Å². The van der Waals surface area contributed by atoms with E-state index in [1.807, 2.05) is 13.0 Å². The van der Waals surface area contributed by atoms with E-state index in [0.717, 1.165) is 6.42 Å². The Morgan fingerprint density at radius 2 is 2.36 bits per heavy atom. The van der Waals surface area contributed by atoms with Crippen molar-refractivity contribution in [3.8, 4) is 0 Å². The van der Waals surface area contributed by atoms with Gasteiger partial charge in [-0.2, -0.15) is 0 Å². The highest BCUT2D eigenvalue weighted by Crippen LogP contribution is 2.10. The molecule has 2 amide bonds. The zero-order valence-electron chi connectivity index (χ0n) is 8.78. The van der Waals surface area contributed by atoms with E-state index < -0.39 is 0 Å². The van der Waals surface area contributed by atoms with Crippen LogP contribution >= 0.6 is 11.3 Å². The molecule has 78 valence electrons. The van der Waals surface area contributed by atoms with Crippen molar-refractivity contribution in [3.63, 3.8) is 0 Å². The van der Waals surface area contributed by atoms with E-state index in [1.54, 1.807) is 30.3 Å². The van der Waals surface area contributed by atoms with Crippen LogP contribution in [0, 0.1) is 0 Å². The summed E-state index contributed by atoms with van der Waals surface area (Å²) in [4.78, 5) is 14.1. The van der Waals surface area contributed by atoms with Gasteiger partial charge in [0.1, 0.15) is 0 Å². The quantitative estimate of drug-likeness (QED) is 0.816. The van der Waals surface area contributed by atoms with Crippen LogP contribution in [0.3, 0.4) is 0 Å². The largest absolute Gasteiger partial charge is 0.335 e. The van der Waals surface area contributed by atoms with Crippen molar-refractivity contribution in [3.05, 3.63) is 22.4 Å². The fourth-order valence-electron chi connectivity index (χ4n) is 1.12. The van der Waals surface area contributed by atoms with E-state index in [-0.39, 0.29) is 12.1 Å². The van der Waals surface area contributed by atoms with Gasteiger partial charge in [-0.15, -0.1) is 11.3 Å². The van der Waals surface area contributed by atoms with Crippen LogP contribution in [0.15, 0.2) is 17.5 Å². The Morgan fingerprint density at radius 3 is 2.86 bits per heavy atom. The molecule has 0 bridgehead atoms. The van der Waals surface area contributed by atoms with Crippen LogP contribution in [0.2, 0.25) is 0 Å². The molecular weight excluding hydrogens is 196 g/mol. The van der Waals surface area contributed by atoms with E-state index in [1.165, 1.54) is 4.88 Å². The van der Waals surface area contributed by atoms with Crippen molar-refractivity contribution in [2.24, 2.45) is 0 Å². The number of thiophene rings is 1. The minimum atomic E-state index is -0.0333. The van der Waals surface area contributed by atoms with Crippen LogP contribution in [0.5, 0.6) is 0 Å². The Balaban J connectivity index is 2.36. The molecule has 1 aromatic rings. The molecular formula is C10H16N2OS. The Hall–Kier alpha value is -1.03. The van der Waals surface area contributed by atoms with Gasteiger partial charge in [0.05, 0.1) is 0 Å². The lowest BCUT2D eigenvalue weighted by atomic mass is 10.2. The number of nitrogens with zero attached hydrogens (tertiary/aromatic N) is 1. The molecule has 0 fully saturated rings.